The van der Waals surface area contributed by atoms with Gasteiger partial charge in [0, 0.05) is 22.2 Å². The zero-order chi connectivity index (χ0) is 13.7. The van der Waals surface area contributed by atoms with Crippen LogP contribution in [0.3, 0.4) is 0 Å². The van der Waals surface area contributed by atoms with Gasteiger partial charge < -0.3 is 5.32 Å². The Labute approximate surface area is 121 Å². The molecule has 1 aromatic rings. The van der Waals surface area contributed by atoms with Crippen LogP contribution >= 0.6 is 15.9 Å². The molecule has 1 aliphatic carbocycles. The predicted molar refractivity (Wildman–Crippen MR) is 78.1 cm³/mol. The van der Waals surface area contributed by atoms with E-state index in [1.165, 1.54) is 37.5 Å². The number of amides is 1. The first kappa shape index (κ1) is 14.3. The van der Waals surface area contributed by atoms with E-state index >= 15 is 0 Å². The molecule has 0 saturated heterocycles. The van der Waals surface area contributed by atoms with Gasteiger partial charge in [-0.2, -0.15) is 0 Å². The highest BCUT2D eigenvalue weighted by atomic mass is 79.9. The van der Waals surface area contributed by atoms with Crippen molar-refractivity contribution in [3.8, 4) is 0 Å². The van der Waals surface area contributed by atoms with Crippen molar-refractivity contribution in [2.75, 3.05) is 0 Å². The lowest BCUT2D eigenvalue weighted by atomic mass is 9.95. The molecule has 2 rings (SSSR count). The van der Waals surface area contributed by atoms with Crippen molar-refractivity contribution in [2.45, 2.75) is 38.1 Å². The van der Waals surface area contributed by atoms with E-state index < -0.39 is 0 Å². The van der Waals surface area contributed by atoms with Gasteiger partial charge >= 0.3 is 0 Å². The van der Waals surface area contributed by atoms with Crippen LogP contribution in [0, 0.1) is 5.82 Å². The van der Waals surface area contributed by atoms with E-state index in [1.54, 1.807) is 12.1 Å². The Balaban J connectivity index is 1.93. The SMILES string of the molecule is O=C(C=Cc1cc(Br)ccc1F)NC1CCCCC1. The Morgan fingerprint density at radius 1 is 1.32 bits per heavy atom. The number of rotatable bonds is 3. The van der Waals surface area contributed by atoms with Gasteiger partial charge in [0.15, 0.2) is 0 Å². The second-order valence-corrected chi connectivity index (χ2v) is 5.76. The molecule has 1 fully saturated rings. The minimum atomic E-state index is -0.329. The Morgan fingerprint density at radius 2 is 2.05 bits per heavy atom. The largest absolute Gasteiger partial charge is 0.350 e. The lowest BCUT2D eigenvalue weighted by Crippen LogP contribution is -2.34. The van der Waals surface area contributed by atoms with Crippen molar-refractivity contribution < 1.29 is 9.18 Å². The molecular weight excluding hydrogens is 309 g/mol. The molecule has 0 spiro atoms. The minimum Gasteiger partial charge on any atom is -0.350 e. The molecule has 1 saturated carbocycles. The van der Waals surface area contributed by atoms with E-state index in [0.717, 1.165) is 17.3 Å². The maximum absolute atomic E-state index is 13.5. The van der Waals surface area contributed by atoms with Gasteiger partial charge in [-0.25, -0.2) is 4.39 Å². The first-order chi connectivity index (χ1) is 9.15. The molecule has 1 aromatic carbocycles. The monoisotopic (exact) mass is 325 g/mol. The summed E-state index contributed by atoms with van der Waals surface area (Å²) in [4.78, 5) is 11.7. The third-order valence-corrected chi connectivity index (χ3v) is 3.82. The van der Waals surface area contributed by atoms with Gasteiger partial charge in [0.05, 0.1) is 0 Å². The Kier molecular flexibility index (Phi) is 5.14. The van der Waals surface area contributed by atoms with Crippen molar-refractivity contribution in [1.29, 1.82) is 0 Å². The van der Waals surface area contributed by atoms with Crippen LogP contribution in [0.4, 0.5) is 4.39 Å². The standard InChI is InChI=1S/C15H17BrFNO/c16-12-7-8-14(17)11(10-12)6-9-15(19)18-13-4-2-1-3-5-13/h6-10,13H,1-5H2,(H,18,19). The highest BCUT2D eigenvalue weighted by Gasteiger charge is 2.14. The van der Waals surface area contributed by atoms with E-state index in [9.17, 15) is 9.18 Å². The van der Waals surface area contributed by atoms with Crippen LogP contribution in [0.1, 0.15) is 37.7 Å². The number of halogens is 2. The number of nitrogens with one attached hydrogen (secondary N) is 1. The number of carbonyl (C=O) groups excluding carboxylic acids is 1. The third-order valence-electron chi connectivity index (χ3n) is 3.32. The van der Waals surface area contributed by atoms with E-state index in [2.05, 4.69) is 21.2 Å². The van der Waals surface area contributed by atoms with Crippen LogP contribution in [-0.4, -0.2) is 11.9 Å². The van der Waals surface area contributed by atoms with Gasteiger partial charge in [0.2, 0.25) is 5.91 Å². The van der Waals surface area contributed by atoms with Gasteiger partial charge in [-0.3, -0.25) is 4.79 Å². The summed E-state index contributed by atoms with van der Waals surface area (Å²) in [5.74, 6) is -0.476. The van der Waals surface area contributed by atoms with Crippen LogP contribution in [0.15, 0.2) is 28.7 Å². The maximum atomic E-state index is 13.5. The molecule has 0 radical (unpaired) electrons. The van der Waals surface area contributed by atoms with Crippen molar-refractivity contribution in [1.82, 2.24) is 5.32 Å². The molecule has 1 N–H and O–H groups in total. The van der Waals surface area contributed by atoms with Crippen LogP contribution in [0.2, 0.25) is 0 Å². The van der Waals surface area contributed by atoms with Gasteiger partial charge in [-0.1, -0.05) is 35.2 Å². The van der Waals surface area contributed by atoms with E-state index in [-0.39, 0.29) is 17.8 Å². The van der Waals surface area contributed by atoms with Crippen LogP contribution in [-0.2, 0) is 4.79 Å². The molecule has 2 nitrogen and oxygen atoms in total. The molecule has 0 heterocycles. The molecule has 0 aliphatic heterocycles. The fourth-order valence-electron chi connectivity index (χ4n) is 2.30. The zero-order valence-electron chi connectivity index (χ0n) is 10.7. The Morgan fingerprint density at radius 3 is 2.79 bits per heavy atom. The highest BCUT2D eigenvalue weighted by molar-refractivity contribution is 9.10. The second kappa shape index (κ2) is 6.85. The summed E-state index contributed by atoms with van der Waals surface area (Å²) in [7, 11) is 0. The highest BCUT2D eigenvalue weighted by Crippen LogP contribution is 2.18. The van der Waals surface area contributed by atoms with Crippen molar-refractivity contribution in [3.05, 3.63) is 40.1 Å². The summed E-state index contributed by atoms with van der Waals surface area (Å²) in [6, 6.07) is 4.94. The smallest absolute Gasteiger partial charge is 0.244 e. The molecule has 19 heavy (non-hydrogen) atoms. The van der Waals surface area contributed by atoms with Crippen LogP contribution in [0.25, 0.3) is 6.08 Å². The van der Waals surface area contributed by atoms with Gasteiger partial charge in [-0.05, 0) is 37.1 Å². The second-order valence-electron chi connectivity index (χ2n) is 4.84. The Hall–Kier alpha value is -1.16. The van der Waals surface area contributed by atoms with Crippen molar-refractivity contribution >= 4 is 27.9 Å². The van der Waals surface area contributed by atoms with Gasteiger partial charge in [0.1, 0.15) is 5.82 Å². The third kappa shape index (κ3) is 4.46. The molecule has 102 valence electrons. The lowest BCUT2D eigenvalue weighted by molar-refractivity contribution is -0.117. The number of hydrogen-bond acceptors (Lipinski definition) is 1. The average Bonchev–Trinajstić information content (AvgIpc) is 2.41. The van der Waals surface area contributed by atoms with E-state index in [1.807, 2.05) is 0 Å². The van der Waals surface area contributed by atoms with Crippen LogP contribution < -0.4 is 5.32 Å². The first-order valence-electron chi connectivity index (χ1n) is 6.59. The summed E-state index contributed by atoms with van der Waals surface area (Å²) in [6.45, 7) is 0. The summed E-state index contributed by atoms with van der Waals surface area (Å²) < 4.78 is 14.3. The topological polar surface area (TPSA) is 29.1 Å². The minimum absolute atomic E-state index is 0.147. The zero-order valence-corrected chi connectivity index (χ0v) is 12.2. The average molecular weight is 326 g/mol. The quantitative estimate of drug-likeness (QED) is 0.834. The Bertz CT molecular complexity index is 481. The molecule has 1 amide bonds. The number of carbonyl (C=O) groups is 1. The fourth-order valence-corrected chi connectivity index (χ4v) is 2.68. The predicted octanol–water partition coefficient (Wildman–Crippen LogP) is 4.05. The molecular formula is C15H17BrFNO. The van der Waals surface area contributed by atoms with Gasteiger partial charge in [-0.15, -0.1) is 0 Å². The molecule has 0 atom stereocenters. The molecule has 1 aliphatic rings. The van der Waals surface area contributed by atoms with E-state index in [0.29, 0.717) is 5.56 Å². The lowest BCUT2D eigenvalue weighted by Gasteiger charge is -2.21. The number of hydrogen-bond donors (Lipinski definition) is 1. The van der Waals surface area contributed by atoms with Crippen LogP contribution in [0.5, 0.6) is 0 Å². The normalized spacial score (nSPS) is 16.7. The van der Waals surface area contributed by atoms with E-state index in [4.69, 9.17) is 0 Å². The summed E-state index contributed by atoms with van der Waals surface area (Å²) in [5, 5.41) is 2.96. The molecule has 0 bridgehead atoms. The van der Waals surface area contributed by atoms with Crippen molar-refractivity contribution in [2.24, 2.45) is 0 Å². The van der Waals surface area contributed by atoms with Crippen molar-refractivity contribution in [3.63, 3.8) is 0 Å². The number of benzene rings is 1. The molecule has 4 heteroatoms. The molecule has 0 aromatic heterocycles. The summed E-state index contributed by atoms with van der Waals surface area (Å²) in [5.41, 5.74) is 0.410. The first-order valence-corrected chi connectivity index (χ1v) is 7.38. The molecule has 0 unspecified atom stereocenters. The summed E-state index contributed by atoms with van der Waals surface area (Å²) in [6.07, 6.45) is 8.61. The maximum Gasteiger partial charge on any atom is 0.244 e. The van der Waals surface area contributed by atoms with Gasteiger partial charge in [0.25, 0.3) is 0 Å². The summed E-state index contributed by atoms with van der Waals surface area (Å²) >= 11 is 3.28. The fraction of sp³-hybridized carbons (Fsp3) is 0.400.